The van der Waals surface area contributed by atoms with Crippen molar-refractivity contribution in [2.45, 2.75) is 64.1 Å². The van der Waals surface area contributed by atoms with Crippen LogP contribution in [0.3, 0.4) is 0 Å². The quantitative estimate of drug-likeness (QED) is 0.700. The number of amides is 3. The van der Waals surface area contributed by atoms with Crippen molar-refractivity contribution in [3.05, 3.63) is 0 Å². The number of nitrogens with one attached hydrogen (secondary N) is 2. The summed E-state index contributed by atoms with van der Waals surface area (Å²) in [6.07, 6.45) is 5.07. The molecule has 0 saturated carbocycles. The second kappa shape index (κ2) is 7.22. The molecule has 0 aliphatic carbocycles. The molecule has 0 radical (unpaired) electrons. The number of fused-ring (bicyclic) bond motifs is 2. The molecule has 0 aromatic rings. The number of hydrogen-bond donors (Lipinski definition) is 3. The Labute approximate surface area is 126 Å². The minimum atomic E-state index is -0.387. The highest BCUT2D eigenvalue weighted by atomic mass is 16.2. The van der Waals surface area contributed by atoms with Crippen molar-refractivity contribution in [1.29, 1.82) is 0 Å². The molecule has 2 unspecified atom stereocenters. The monoisotopic (exact) mass is 296 g/mol. The maximum Gasteiger partial charge on any atom is 0.321 e. The number of hydrogen-bond acceptors (Lipinski definition) is 4. The number of nitrogens with zero attached hydrogens (tertiary/aromatic N) is 1. The molecule has 2 bridgehead atoms. The molecule has 0 spiro atoms. The zero-order chi connectivity index (χ0) is 15.4. The highest BCUT2D eigenvalue weighted by Gasteiger charge is 2.40. The van der Waals surface area contributed by atoms with Gasteiger partial charge in [-0.15, -0.1) is 0 Å². The number of carbonyl (C=O) groups excluding carboxylic acids is 2. The van der Waals surface area contributed by atoms with E-state index in [0.717, 1.165) is 32.1 Å². The lowest BCUT2D eigenvalue weighted by Gasteiger charge is -2.37. The van der Waals surface area contributed by atoms with Crippen LogP contribution in [0.2, 0.25) is 0 Å². The summed E-state index contributed by atoms with van der Waals surface area (Å²) >= 11 is 0. The molecule has 0 aromatic carbocycles. The number of nitrogens with two attached hydrogens (primary N) is 1. The Morgan fingerprint density at radius 2 is 1.86 bits per heavy atom. The van der Waals surface area contributed by atoms with Gasteiger partial charge in [0.05, 0.1) is 6.54 Å². The van der Waals surface area contributed by atoms with Gasteiger partial charge in [-0.3, -0.25) is 15.0 Å². The van der Waals surface area contributed by atoms with Crippen LogP contribution >= 0.6 is 0 Å². The summed E-state index contributed by atoms with van der Waals surface area (Å²) in [7, 11) is 0. The Morgan fingerprint density at radius 1 is 1.24 bits per heavy atom. The molecule has 3 amide bonds. The van der Waals surface area contributed by atoms with Gasteiger partial charge in [-0.1, -0.05) is 13.8 Å². The minimum absolute atomic E-state index is 0.218. The third-order valence-electron chi connectivity index (χ3n) is 4.51. The van der Waals surface area contributed by atoms with E-state index in [4.69, 9.17) is 5.73 Å². The van der Waals surface area contributed by atoms with Gasteiger partial charge in [0, 0.05) is 24.7 Å². The van der Waals surface area contributed by atoms with Crippen LogP contribution in [-0.2, 0) is 4.79 Å². The maximum atomic E-state index is 12.0. The van der Waals surface area contributed by atoms with Crippen LogP contribution in [-0.4, -0.2) is 48.1 Å². The van der Waals surface area contributed by atoms with Crippen molar-refractivity contribution in [3.8, 4) is 0 Å². The smallest absolute Gasteiger partial charge is 0.321 e. The van der Waals surface area contributed by atoms with E-state index in [1.165, 1.54) is 0 Å². The fraction of sp³-hybridized carbons (Fsp3) is 0.867. The van der Waals surface area contributed by atoms with Crippen LogP contribution < -0.4 is 16.4 Å². The van der Waals surface area contributed by atoms with Gasteiger partial charge in [-0.25, -0.2) is 4.79 Å². The highest BCUT2D eigenvalue weighted by Crippen LogP contribution is 2.34. The summed E-state index contributed by atoms with van der Waals surface area (Å²) in [5.74, 6) is 0.318. The van der Waals surface area contributed by atoms with Crippen LogP contribution in [0.15, 0.2) is 0 Å². The Bertz CT molecular complexity index is 372. The number of rotatable bonds is 5. The van der Waals surface area contributed by atoms with E-state index in [9.17, 15) is 9.59 Å². The third-order valence-corrected chi connectivity index (χ3v) is 4.51. The van der Waals surface area contributed by atoms with Crippen molar-refractivity contribution < 1.29 is 9.59 Å². The van der Waals surface area contributed by atoms with E-state index in [-0.39, 0.29) is 18.0 Å². The third kappa shape index (κ3) is 4.68. The summed E-state index contributed by atoms with van der Waals surface area (Å²) in [6, 6.07) is 0.699. The lowest BCUT2D eigenvalue weighted by molar-refractivity contribution is -0.122. The molecular weight excluding hydrogens is 268 g/mol. The number of piperidine rings is 1. The van der Waals surface area contributed by atoms with Gasteiger partial charge in [-0.2, -0.15) is 0 Å². The number of carbonyl (C=O) groups is 2. The fourth-order valence-corrected chi connectivity index (χ4v) is 3.42. The topological polar surface area (TPSA) is 87.5 Å². The van der Waals surface area contributed by atoms with E-state index >= 15 is 0 Å². The molecule has 21 heavy (non-hydrogen) atoms. The average molecular weight is 296 g/mol. The predicted molar refractivity (Wildman–Crippen MR) is 81.7 cm³/mol. The van der Waals surface area contributed by atoms with Crippen molar-refractivity contribution in [2.75, 3.05) is 13.1 Å². The van der Waals surface area contributed by atoms with Crippen molar-refractivity contribution >= 4 is 11.9 Å². The average Bonchev–Trinajstić information content (AvgIpc) is 2.61. The molecule has 4 N–H and O–H groups in total. The van der Waals surface area contributed by atoms with Crippen LogP contribution in [0.25, 0.3) is 0 Å². The highest BCUT2D eigenvalue weighted by molar-refractivity contribution is 5.95. The number of imide groups is 1. The molecule has 2 saturated heterocycles. The van der Waals surface area contributed by atoms with E-state index in [0.29, 0.717) is 31.1 Å². The molecule has 2 aliphatic heterocycles. The molecule has 2 heterocycles. The van der Waals surface area contributed by atoms with E-state index < -0.39 is 0 Å². The first-order chi connectivity index (χ1) is 9.95. The van der Waals surface area contributed by atoms with Gasteiger partial charge in [0.2, 0.25) is 5.91 Å². The summed E-state index contributed by atoms with van der Waals surface area (Å²) in [6.45, 7) is 5.10. The zero-order valence-electron chi connectivity index (χ0n) is 13.1. The van der Waals surface area contributed by atoms with Gasteiger partial charge in [-0.05, 0) is 38.0 Å². The first-order valence-electron chi connectivity index (χ1n) is 8.04. The lowest BCUT2D eigenvalue weighted by atomic mass is 9.98. The van der Waals surface area contributed by atoms with Crippen molar-refractivity contribution in [1.82, 2.24) is 15.5 Å². The van der Waals surface area contributed by atoms with Crippen LogP contribution in [0.1, 0.15) is 46.0 Å². The first-order valence-corrected chi connectivity index (χ1v) is 8.04. The Hall–Kier alpha value is -1.14. The first kappa shape index (κ1) is 16.2. The molecule has 2 rings (SSSR count). The molecule has 2 atom stereocenters. The lowest BCUT2D eigenvalue weighted by Crippen LogP contribution is -2.52. The predicted octanol–water partition coefficient (Wildman–Crippen LogP) is 0.812. The Morgan fingerprint density at radius 3 is 2.43 bits per heavy atom. The van der Waals surface area contributed by atoms with Gasteiger partial charge in [0.15, 0.2) is 0 Å². The summed E-state index contributed by atoms with van der Waals surface area (Å²) in [5.41, 5.74) is 6.02. The van der Waals surface area contributed by atoms with Gasteiger partial charge < -0.3 is 11.1 Å². The summed E-state index contributed by atoms with van der Waals surface area (Å²) < 4.78 is 0. The maximum absolute atomic E-state index is 12.0. The van der Waals surface area contributed by atoms with Gasteiger partial charge in [0.25, 0.3) is 0 Å². The SMILES string of the molecule is CC(C)CCNC(=O)NC(=O)CN1C2CCC1CC(N)C2. The zero-order valence-corrected chi connectivity index (χ0v) is 13.1. The molecule has 120 valence electrons. The molecule has 0 aromatic heterocycles. The molecule has 2 fully saturated rings. The standard InChI is InChI=1S/C15H28N4O2/c1-10(2)5-6-17-15(21)18-14(20)9-19-12-3-4-13(19)8-11(16)7-12/h10-13H,3-9,16H2,1-2H3,(H2,17,18,20,21). The molecule has 6 nitrogen and oxygen atoms in total. The van der Waals surface area contributed by atoms with Crippen molar-refractivity contribution in [3.63, 3.8) is 0 Å². The Kier molecular flexibility index (Phi) is 5.58. The molecular formula is C15H28N4O2. The largest absolute Gasteiger partial charge is 0.338 e. The van der Waals surface area contributed by atoms with Crippen LogP contribution in [0.4, 0.5) is 4.79 Å². The summed E-state index contributed by atoms with van der Waals surface area (Å²) in [4.78, 5) is 25.8. The second-order valence-corrected chi connectivity index (χ2v) is 6.78. The summed E-state index contributed by atoms with van der Waals surface area (Å²) in [5, 5.41) is 5.14. The van der Waals surface area contributed by atoms with Crippen LogP contribution in [0, 0.1) is 5.92 Å². The van der Waals surface area contributed by atoms with E-state index in [1.54, 1.807) is 0 Å². The van der Waals surface area contributed by atoms with Crippen molar-refractivity contribution in [2.24, 2.45) is 11.7 Å². The number of urea groups is 1. The fourth-order valence-electron chi connectivity index (χ4n) is 3.42. The minimum Gasteiger partial charge on any atom is -0.338 e. The molecule has 6 heteroatoms. The normalized spacial score (nSPS) is 28.7. The second-order valence-electron chi connectivity index (χ2n) is 6.78. The van der Waals surface area contributed by atoms with Gasteiger partial charge in [0.1, 0.15) is 0 Å². The molecule has 2 aliphatic rings. The van der Waals surface area contributed by atoms with Crippen LogP contribution in [0.5, 0.6) is 0 Å². The van der Waals surface area contributed by atoms with E-state index in [1.807, 2.05) is 0 Å². The van der Waals surface area contributed by atoms with E-state index in [2.05, 4.69) is 29.4 Å². The Balaban J connectivity index is 1.71. The van der Waals surface area contributed by atoms with Gasteiger partial charge >= 0.3 is 6.03 Å².